The second-order valence-electron chi connectivity index (χ2n) is 17.9. The Kier molecular flexibility index (Phi) is 15.1. The highest BCUT2D eigenvalue weighted by molar-refractivity contribution is 6.30. The molecule has 3 saturated heterocycles. The van der Waals surface area contributed by atoms with Crippen molar-refractivity contribution in [1.82, 2.24) is 50.0 Å². The number of nitrogens with one attached hydrogen (secondary N) is 3. The van der Waals surface area contributed by atoms with Crippen molar-refractivity contribution in [1.29, 1.82) is 0 Å². The standard InChI is InChI=1S/C19H18ClF3N4O.C18H17F3N4O.C13H15FN4O2/c20-14-3-1-13(2-4-14)12-25-7-9-26(10-8-25)16-5-6-27(28)18-17(16)15(11-24-18)19(21,22)23;19-18(20,21)15-11-23-17-16(15)14(5-8-25(17)26)12-1-3-13(4-2-12)24-9-6-22-7-10-24;14-10-3-6-18(20)12-11(10)9(7-16-12)13(19)17-8-1-4-15-5-2-8/h1-6,11,28H,7-10,12H2;1-5,8,11,22,26H,6-7,9-10H2;3,6-8,15,20H,1-2,4-5H2,(H,17,19). The fraction of sp³-hybridized carbons (Fsp3) is 0.320. The van der Waals surface area contributed by atoms with Crippen LogP contribution in [0, 0.1) is 5.82 Å². The van der Waals surface area contributed by atoms with E-state index in [1.165, 1.54) is 30.7 Å². The molecule has 24 heteroatoms. The Balaban J connectivity index is 0.000000138. The molecule has 0 aliphatic carbocycles. The lowest BCUT2D eigenvalue weighted by Crippen LogP contribution is -2.46. The first-order valence-corrected chi connectivity index (χ1v) is 24.0. The molecule has 0 atom stereocenters. The van der Waals surface area contributed by atoms with Gasteiger partial charge in [0.1, 0.15) is 5.82 Å². The first kappa shape index (κ1) is 51.6. The number of hydrogen-bond donors (Lipinski definition) is 6. The van der Waals surface area contributed by atoms with Crippen LogP contribution in [-0.2, 0) is 18.9 Å². The molecule has 6 N–H and O–H groups in total. The summed E-state index contributed by atoms with van der Waals surface area (Å²) in [6.07, 6.45) is -0.781. The molecule has 0 bridgehead atoms. The minimum atomic E-state index is -4.54. The molecule has 0 saturated carbocycles. The van der Waals surface area contributed by atoms with Crippen molar-refractivity contribution in [3.63, 3.8) is 0 Å². The second-order valence-corrected chi connectivity index (χ2v) is 18.3. The lowest BCUT2D eigenvalue weighted by molar-refractivity contribution is -0.137. The number of aromatic nitrogens is 6. The van der Waals surface area contributed by atoms with E-state index in [1.54, 1.807) is 12.1 Å². The van der Waals surface area contributed by atoms with E-state index in [2.05, 4.69) is 40.7 Å². The van der Waals surface area contributed by atoms with Gasteiger partial charge in [-0.2, -0.15) is 40.5 Å². The topological polar surface area (TPSA) is 177 Å². The van der Waals surface area contributed by atoms with Crippen molar-refractivity contribution in [3.05, 3.63) is 137 Å². The summed E-state index contributed by atoms with van der Waals surface area (Å²) in [5, 5.41) is 39.3. The molecule has 11 rings (SSSR count). The van der Waals surface area contributed by atoms with Gasteiger partial charge in [0.25, 0.3) is 5.91 Å². The fourth-order valence-corrected chi connectivity index (χ4v) is 9.52. The number of piperidine rings is 1. The third-order valence-electron chi connectivity index (χ3n) is 13.2. The average molecular weight is 1050 g/mol. The van der Waals surface area contributed by atoms with Crippen LogP contribution in [0.4, 0.5) is 42.1 Å². The zero-order chi connectivity index (χ0) is 52.3. The molecule has 9 heterocycles. The second kappa shape index (κ2) is 21.6. The Hall–Kier alpha value is -7.34. The van der Waals surface area contributed by atoms with Crippen molar-refractivity contribution in [2.24, 2.45) is 0 Å². The van der Waals surface area contributed by atoms with Crippen molar-refractivity contribution in [2.45, 2.75) is 37.8 Å². The van der Waals surface area contributed by atoms with Crippen LogP contribution in [0.5, 0.6) is 0 Å². The summed E-state index contributed by atoms with van der Waals surface area (Å²) in [6, 6.07) is 19.2. The number of amides is 1. The van der Waals surface area contributed by atoms with E-state index >= 15 is 0 Å². The largest absolute Gasteiger partial charge is 0.427 e. The molecule has 9 aliphatic heterocycles. The molecule has 390 valence electrons. The van der Waals surface area contributed by atoms with Gasteiger partial charge in [-0.15, -0.1) is 0 Å². The van der Waals surface area contributed by atoms with Crippen LogP contribution in [-0.4, -0.2) is 127 Å². The Morgan fingerprint density at radius 3 is 1.80 bits per heavy atom. The summed E-state index contributed by atoms with van der Waals surface area (Å²) in [7, 11) is 0. The Bertz CT molecular complexity index is 3070. The number of anilines is 2. The molecule has 0 aromatic heterocycles. The van der Waals surface area contributed by atoms with Gasteiger partial charge in [0.05, 0.1) is 33.5 Å². The van der Waals surface area contributed by atoms with E-state index in [0.29, 0.717) is 62.2 Å². The lowest BCUT2D eigenvalue weighted by Gasteiger charge is -2.37. The first-order valence-electron chi connectivity index (χ1n) is 23.6. The Morgan fingerprint density at radius 2 is 1.18 bits per heavy atom. The van der Waals surface area contributed by atoms with Crippen molar-refractivity contribution in [2.75, 3.05) is 75.2 Å². The van der Waals surface area contributed by atoms with Crippen molar-refractivity contribution < 1.29 is 51.1 Å². The summed E-state index contributed by atoms with van der Waals surface area (Å²) in [6.45, 7) is 8.68. The third-order valence-corrected chi connectivity index (χ3v) is 13.4. The van der Waals surface area contributed by atoms with Gasteiger partial charge in [-0.3, -0.25) is 9.69 Å². The molecule has 1 amide bonds. The van der Waals surface area contributed by atoms with Crippen LogP contribution in [0.15, 0.2) is 104 Å². The van der Waals surface area contributed by atoms with Crippen LogP contribution >= 0.6 is 11.6 Å². The normalized spacial score (nSPS) is 16.0. The molecule has 0 radical (unpaired) electrons. The predicted molar refractivity (Wildman–Crippen MR) is 261 cm³/mol. The van der Waals surface area contributed by atoms with Crippen LogP contribution in [0.3, 0.4) is 0 Å². The Morgan fingerprint density at radius 1 is 0.635 bits per heavy atom. The van der Waals surface area contributed by atoms with E-state index in [-0.39, 0.29) is 51.7 Å². The van der Waals surface area contributed by atoms with E-state index in [1.807, 2.05) is 41.3 Å². The van der Waals surface area contributed by atoms with Gasteiger partial charge in [-0.05, 0) is 85.1 Å². The predicted octanol–water partition coefficient (Wildman–Crippen LogP) is 8.39. The number of pyridine rings is 3. The number of carbonyl (C=O) groups excluding carboxylic acids is 1. The highest BCUT2D eigenvalue weighted by Crippen LogP contribution is 2.45. The molecule has 0 unspecified atom stereocenters. The molecule has 0 spiro atoms. The number of halogens is 8. The van der Waals surface area contributed by atoms with Crippen LogP contribution < -0.4 is 25.8 Å². The van der Waals surface area contributed by atoms with E-state index in [9.17, 15) is 51.1 Å². The molecule has 16 nitrogen and oxygen atoms in total. The maximum atomic E-state index is 13.8. The smallest absolute Gasteiger partial charge is 0.418 e. The lowest BCUT2D eigenvalue weighted by atomic mass is 9.97. The van der Waals surface area contributed by atoms with Crippen LogP contribution in [0.1, 0.15) is 39.9 Å². The average Bonchev–Trinajstić information content (AvgIpc) is 4.18. The third kappa shape index (κ3) is 11.2. The van der Waals surface area contributed by atoms with E-state index in [0.717, 1.165) is 94.6 Å². The number of fused-ring (bicyclic) bond motifs is 3. The number of rotatable bonds is 7. The fourth-order valence-electron chi connectivity index (χ4n) is 9.39. The van der Waals surface area contributed by atoms with Gasteiger partial charge in [0.15, 0.2) is 17.5 Å². The summed E-state index contributed by atoms with van der Waals surface area (Å²) in [5.41, 5.74) is 2.01. The number of piperazine rings is 2. The zero-order valence-electron chi connectivity index (χ0n) is 39.4. The van der Waals surface area contributed by atoms with Crippen LogP contribution in [0.25, 0.3) is 45.3 Å². The number of carbonyl (C=O) groups is 1. The van der Waals surface area contributed by atoms with Crippen molar-refractivity contribution in [3.8, 4) is 45.3 Å². The molecular weight excluding hydrogens is 1000 g/mol. The molecule has 3 fully saturated rings. The minimum absolute atomic E-state index is 0.0421. The number of benzene rings is 2. The maximum Gasteiger partial charge on any atom is 0.418 e. The van der Waals surface area contributed by atoms with Crippen LogP contribution in [0.2, 0.25) is 5.02 Å². The van der Waals surface area contributed by atoms with Gasteiger partial charge >= 0.3 is 12.4 Å². The van der Waals surface area contributed by atoms with Gasteiger partial charge in [-0.25, -0.2) is 19.3 Å². The van der Waals surface area contributed by atoms with Crippen molar-refractivity contribution >= 4 is 28.9 Å². The highest BCUT2D eigenvalue weighted by Gasteiger charge is 2.40. The molecule has 9 aliphatic rings. The number of alkyl halides is 6. The van der Waals surface area contributed by atoms with Gasteiger partial charge in [0, 0.05) is 118 Å². The summed E-state index contributed by atoms with van der Waals surface area (Å²) in [5.74, 6) is -1.09. The van der Waals surface area contributed by atoms with E-state index < -0.39 is 29.3 Å². The number of hydrogen-bond acceptors (Lipinski definition) is 12. The van der Waals surface area contributed by atoms with Gasteiger partial charge in [-0.1, -0.05) is 35.9 Å². The Labute approximate surface area is 424 Å². The first-order chi connectivity index (χ1) is 35.4. The molecule has 2 aromatic carbocycles. The maximum absolute atomic E-state index is 13.8. The van der Waals surface area contributed by atoms with Gasteiger partial charge < -0.3 is 41.4 Å². The van der Waals surface area contributed by atoms with E-state index in [4.69, 9.17) is 11.6 Å². The molecule has 2 aromatic rings. The quantitative estimate of drug-likeness (QED) is 0.0665. The summed E-state index contributed by atoms with van der Waals surface area (Å²) < 4.78 is 96.0. The monoisotopic (exact) mass is 1050 g/mol. The highest BCUT2D eigenvalue weighted by atomic mass is 35.5. The zero-order valence-corrected chi connectivity index (χ0v) is 40.1. The summed E-state index contributed by atoms with van der Waals surface area (Å²) in [4.78, 5) is 30.0. The summed E-state index contributed by atoms with van der Waals surface area (Å²) >= 11 is 5.91. The molecule has 74 heavy (non-hydrogen) atoms. The minimum Gasteiger partial charge on any atom is -0.427 e. The van der Waals surface area contributed by atoms with Gasteiger partial charge in [0.2, 0.25) is 0 Å². The molecular formula is C50H50ClF7N12O4. The SMILES string of the molecule is O=C(NC1CCNCC1)c1cnc2n(O)ccc(F)c1-2.On1ccc(-c2ccc(N3CCNCC3)cc2)c2c(C(F)(F)F)cnc1-2.On1ccc(N2CCN(Cc3ccc(Cl)cc3)CC2)c2c(C(F)(F)F)cnc1-2. The number of nitrogens with zero attached hydrogens (tertiary/aromatic N) is 9.